The fourth-order valence-corrected chi connectivity index (χ4v) is 3.13. The van der Waals surface area contributed by atoms with E-state index in [1.807, 2.05) is 0 Å². The lowest BCUT2D eigenvalue weighted by Gasteiger charge is -2.23. The Bertz CT molecular complexity index is 563. The van der Waals surface area contributed by atoms with Crippen molar-refractivity contribution in [3.63, 3.8) is 0 Å². The van der Waals surface area contributed by atoms with Gasteiger partial charge in [0.05, 0.1) is 13.2 Å². The summed E-state index contributed by atoms with van der Waals surface area (Å²) in [6.07, 6.45) is 2.02. The van der Waals surface area contributed by atoms with Crippen molar-refractivity contribution in [2.45, 2.75) is 46.6 Å². The van der Waals surface area contributed by atoms with Crippen LogP contribution in [0.1, 0.15) is 38.8 Å². The number of benzene rings is 1. The first kappa shape index (κ1) is 23.0. The summed E-state index contributed by atoms with van der Waals surface area (Å²) in [6, 6.07) is 7.11. The highest BCUT2D eigenvalue weighted by Gasteiger charge is 2.11. The maximum atomic E-state index is 5.57. The molecule has 1 heterocycles. The van der Waals surface area contributed by atoms with E-state index in [9.17, 15) is 0 Å². The summed E-state index contributed by atoms with van der Waals surface area (Å²) < 4.78 is 5.57. The van der Waals surface area contributed by atoms with Crippen LogP contribution in [0.4, 0.5) is 0 Å². The van der Waals surface area contributed by atoms with Gasteiger partial charge in [-0.15, -0.1) is 24.0 Å². The number of likely N-dealkylation sites (N-methyl/N-ethyl adjacent to an activating group) is 1. The third-order valence-electron chi connectivity index (χ3n) is 4.60. The zero-order valence-electron chi connectivity index (χ0n) is 16.7. The zero-order valence-corrected chi connectivity index (χ0v) is 19.0. The van der Waals surface area contributed by atoms with E-state index in [2.05, 4.69) is 61.4 Å². The molecule has 0 unspecified atom stereocenters. The number of halogens is 1. The van der Waals surface area contributed by atoms with E-state index in [-0.39, 0.29) is 24.0 Å². The molecule has 0 bridgehead atoms. The molecule has 6 heteroatoms. The molecule has 0 fully saturated rings. The molecule has 0 spiro atoms. The molecule has 0 aliphatic carbocycles. The molecule has 5 nitrogen and oxygen atoms in total. The van der Waals surface area contributed by atoms with Gasteiger partial charge in [-0.25, -0.2) is 0 Å². The van der Waals surface area contributed by atoms with Gasteiger partial charge in [0.15, 0.2) is 5.96 Å². The Labute approximate surface area is 176 Å². The van der Waals surface area contributed by atoms with Crippen LogP contribution in [-0.2, 0) is 12.8 Å². The smallest absolute Gasteiger partial charge is 0.191 e. The number of guanidine groups is 1. The second-order valence-electron chi connectivity index (χ2n) is 6.70. The minimum absolute atomic E-state index is 0. The van der Waals surface area contributed by atoms with Gasteiger partial charge in [-0.2, -0.15) is 0 Å². The molecular weight excluding hydrogens is 439 g/mol. The topological polar surface area (TPSA) is 48.9 Å². The molecule has 2 rings (SSSR count). The SMILES string of the molecule is CCNC(=NCCN(CC)C(C)C)NCCc1ccc2c(c1)CCO2.I. The normalized spacial score (nSPS) is 13.4. The molecule has 1 aliphatic heterocycles. The lowest BCUT2D eigenvalue weighted by atomic mass is 10.1. The van der Waals surface area contributed by atoms with Gasteiger partial charge in [-0.05, 0) is 50.9 Å². The predicted octanol–water partition coefficient (Wildman–Crippen LogP) is 3.07. The first-order chi connectivity index (χ1) is 12.1. The van der Waals surface area contributed by atoms with Gasteiger partial charge in [-0.3, -0.25) is 9.89 Å². The Morgan fingerprint density at radius 1 is 1.27 bits per heavy atom. The minimum atomic E-state index is 0. The van der Waals surface area contributed by atoms with E-state index in [0.29, 0.717) is 6.04 Å². The summed E-state index contributed by atoms with van der Waals surface area (Å²) >= 11 is 0. The number of rotatable bonds is 9. The van der Waals surface area contributed by atoms with Gasteiger partial charge in [-0.1, -0.05) is 19.1 Å². The summed E-state index contributed by atoms with van der Waals surface area (Å²) in [5.41, 5.74) is 2.69. The highest BCUT2D eigenvalue weighted by molar-refractivity contribution is 14.0. The van der Waals surface area contributed by atoms with E-state index in [4.69, 9.17) is 9.73 Å². The van der Waals surface area contributed by atoms with Crippen molar-refractivity contribution in [3.05, 3.63) is 29.3 Å². The molecule has 148 valence electrons. The second kappa shape index (κ2) is 12.4. The van der Waals surface area contributed by atoms with Crippen LogP contribution in [0.2, 0.25) is 0 Å². The van der Waals surface area contributed by atoms with Crippen molar-refractivity contribution < 1.29 is 4.74 Å². The van der Waals surface area contributed by atoms with Gasteiger partial charge in [0.2, 0.25) is 0 Å². The average Bonchev–Trinajstić information content (AvgIpc) is 3.06. The lowest BCUT2D eigenvalue weighted by molar-refractivity contribution is 0.240. The molecule has 0 saturated carbocycles. The molecule has 0 atom stereocenters. The van der Waals surface area contributed by atoms with Gasteiger partial charge < -0.3 is 15.4 Å². The zero-order chi connectivity index (χ0) is 18.1. The molecule has 0 radical (unpaired) electrons. The van der Waals surface area contributed by atoms with Crippen LogP contribution < -0.4 is 15.4 Å². The van der Waals surface area contributed by atoms with Gasteiger partial charge in [0.25, 0.3) is 0 Å². The van der Waals surface area contributed by atoms with Crippen LogP contribution >= 0.6 is 24.0 Å². The number of nitrogens with zero attached hydrogens (tertiary/aromatic N) is 2. The Hall–Kier alpha value is -1.02. The summed E-state index contributed by atoms with van der Waals surface area (Å²) in [5.74, 6) is 1.96. The fraction of sp³-hybridized carbons (Fsp3) is 0.650. The Morgan fingerprint density at radius 2 is 2.08 bits per heavy atom. The number of hydrogen-bond donors (Lipinski definition) is 2. The number of aliphatic imine (C=N–C) groups is 1. The average molecular weight is 474 g/mol. The Morgan fingerprint density at radius 3 is 2.77 bits per heavy atom. The van der Waals surface area contributed by atoms with E-state index in [0.717, 1.165) is 63.9 Å². The van der Waals surface area contributed by atoms with Crippen molar-refractivity contribution in [1.82, 2.24) is 15.5 Å². The molecule has 0 saturated heterocycles. The molecule has 1 aromatic rings. The minimum Gasteiger partial charge on any atom is -0.493 e. The summed E-state index contributed by atoms with van der Waals surface area (Å²) in [6.45, 7) is 14.2. The Kier molecular flexibility index (Phi) is 11.0. The first-order valence-corrected chi connectivity index (χ1v) is 9.64. The highest BCUT2D eigenvalue weighted by atomic mass is 127. The molecule has 1 aromatic carbocycles. The third-order valence-corrected chi connectivity index (χ3v) is 4.60. The maximum absolute atomic E-state index is 5.57. The maximum Gasteiger partial charge on any atom is 0.191 e. The van der Waals surface area contributed by atoms with E-state index < -0.39 is 0 Å². The Balaban J connectivity index is 0.00000338. The van der Waals surface area contributed by atoms with Gasteiger partial charge >= 0.3 is 0 Å². The summed E-state index contributed by atoms with van der Waals surface area (Å²) in [7, 11) is 0. The van der Waals surface area contributed by atoms with Crippen LogP contribution in [0.15, 0.2) is 23.2 Å². The molecule has 0 aromatic heterocycles. The molecular formula is C20H35IN4O. The highest BCUT2D eigenvalue weighted by Crippen LogP contribution is 2.25. The van der Waals surface area contributed by atoms with Crippen molar-refractivity contribution in [3.8, 4) is 5.75 Å². The van der Waals surface area contributed by atoms with Gasteiger partial charge in [0, 0.05) is 32.1 Å². The summed E-state index contributed by atoms with van der Waals surface area (Å²) in [5, 5.41) is 6.78. The van der Waals surface area contributed by atoms with Crippen LogP contribution in [0, 0.1) is 0 Å². The van der Waals surface area contributed by atoms with Crippen molar-refractivity contribution in [1.29, 1.82) is 0 Å². The molecule has 2 N–H and O–H groups in total. The number of nitrogens with one attached hydrogen (secondary N) is 2. The van der Waals surface area contributed by atoms with Crippen LogP contribution in [0.3, 0.4) is 0 Å². The fourth-order valence-electron chi connectivity index (χ4n) is 3.13. The van der Waals surface area contributed by atoms with Gasteiger partial charge in [0.1, 0.15) is 5.75 Å². The molecule has 0 amide bonds. The van der Waals surface area contributed by atoms with E-state index in [1.165, 1.54) is 11.1 Å². The van der Waals surface area contributed by atoms with Crippen LogP contribution in [-0.4, -0.2) is 56.2 Å². The molecule has 1 aliphatic rings. The lowest BCUT2D eigenvalue weighted by Crippen LogP contribution is -2.39. The van der Waals surface area contributed by atoms with Crippen LogP contribution in [0.25, 0.3) is 0 Å². The second-order valence-corrected chi connectivity index (χ2v) is 6.70. The number of ether oxygens (including phenoxy) is 1. The largest absolute Gasteiger partial charge is 0.493 e. The van der Waals surface area contributed by atoms with Crippen molar-refractivity contribution in [2.75, 3.05) is 39.3 Å². The number of hydrogen-bond acceptors (Lipinski definition) is 3. The number of fused-ring (bicyclic) bond motifs is 1. The van der Waals surface area contributed by atoms with E-state index >= 15 is 0 Å². The third kappa shape index (κ3) is 7.31. The van der Waals surface area contributed by atoms with Crippen molar-refractivity contribution >= 4 is 29.9 Å². The van der Waals surface area contributed by atoms with Crippen LogP contribution in [0.5, 0.6) is 5.75 Å². The summed E-state index contributed by atoms with van der Waals surface area (Å²) in [4.78, 5) is 7.14. The van der Waals surface area contributed by atoms with Crippen molar-refractivity contribution in [2.24, 2.45) is 4.99 Å². The molecule has 26 heavy (non-hydrogen) atoms. The predicted molar refractivity (Wildman–Crippen MR) is 121 cm³/mol. The quantitative estimate of drug-likeness (QED) is 0.328. The monoisotopic (exact) mass is 474 g/mol. The first-order valence-electron chi connectivity index (χ1n) is 9.64. The van der Waals surface area contributed by atoms with E-state index in [1.54, 1.807) is 0 Å². The standard InChI is InChI=1S/C20H34N4O.HI/c1-5-21-20(23-12-13-24(6-2)16(3)4)22-11-9-17-7-8-19-18(15-17)10-14-25-19;/h7-8,15-16H,5-6,9-14H2,1-4H3,(H2,21,22,23);1H.